The summed E-state index contributed by atoms with van der Waals surface area (Å²) in [6.07, 6.45) is 1.70. The van der Waals surface area contributed by atoms with Crippen LogP contribution in [0.25, 0.3) is 0 Å². The summed E-state index contributed by atoms with van der Waals surface area (Å²) in [5, 5.41) is 4.69. The van der Waals surface area contributed by atoms with Crippen LogP contribution >= 0.6 is 11.8 Å². The second kappa shape index (κ2) is 7.45. The number of aromatic nitrogens is 2. The first-order valence-corrected chi connectivity index (χ1v) is 8.21. The van der Waals surface area contributed by atoms with E-state index < -0.39 is 0 Å². The normalized spacial score (nSPS) is 11.0. The van der Waals surface area contributed by atoms with Crippen LogP contribution in [0.3, 0.4) is 0 Å². The molecule has 1 amide bonds. The maximum Gasteiger partial charge on any atom is 0.256 e. The van der Waals surface area contributed by atoms with E-state index in [-0.39, 0.29) is 5.91 Å². The third-order valence-electron chi connectivity index (χ3n) is 3.02. The minimum Gasteiger partial charge on any atom is -0.361 e. The van der Waals surface area contributed by atoms with E-state index in [0.29, 0.717) is 17.2 Å². The maximum atomic E-state index is 12.6. The summed E-state index contributed by atoms with van der Waals surface area (Å²) in [4.78, 5) is 18.6. The molecule has 0 aromatic carbocycles. The summed E-state index contributed by atoms with van der Waals surface area (Å²) < 4.78 is 5.05. The second-order valence-electron chi connectivity index (χ2n) is 5.65. The van der Waals surface area contributed by atoms with Crippen molar-refractivity contribution in [2.75, 3.05) is 13.6 Å². The highest BCUT2D eigenvalue weighted by molar-refractivity contribution is 7.98. The summed E-state index contributed by atoms with van der Waals surface area (Å²) in [5.41, 5.74) is 1.48. The average molecular weight is 319 g/mol. The molecule has 2 aromatic heterocycles. The van der Waals surface area contributed by atoms with Gasteiger partial charge in [-0.2, -0.15) is 0 Å². The third kappa shape index (κ3) is 4.34. The van der Waals surface area contributed by atoms with Crippen LogP contribution in [0.4, 0.5) is 0 Å². The van der Waals surface area contributed by atoms with Gasteiger partial charge in [0.15, 0.2) is 0 Å². The molecule has 0 radical (unpaired) electrons. The Morgan fingerprint density at radius 3 is 2.86 bits per heavy atom. The van der Waals surface area contributed by atoms with Gasteiger partial charge in [-0.25, -0.2) is 4.98 Å². The Hall–Kier alpha value is -1.82. The highest BCUT2D eigenvalue weighted by atomic mass is 32.2. The molecule has 0 atom stereocenters. The van der Waals surface area contributed by atoms with Crippen molar-refractivity contribution in [2.45, 2.75) is 31.6 Å². The third-order valence-corrected chi connectivity index (χ3v) is 4.06. The smallest absolute Gasteiger partial charge is 0.256 e. The number of carbonyl (C=O) groups is 1. The zero-order valence-electron chi connectivity index (χ0n) is 13.4. The van der Waals surface area contributed by atoms with Crippen LogP contribution in [-0.4, -0.2) is 34.5 Å². The molecule has 2 aromatic rings. The average Bonchev–Trinajstić information content (AvgIpc) is 2.89. The number of nitrogens with zero attached hydrogens (tertiary/aromatic N) is 3. The first-order chi connectivity index (χ1) is 10.5. The number of hydrogen-bond acceptors (Lipinski definition) is 5. The van der Waals surface area contributed by atoms with Crippen molar-refractivity contribution < 1.29 is 9.32 Å². The van der Waals surface area contributed by atoms with Crippen LogP contribution in [0.5, 0.6) is 0 Å². The molecule has 0 N–H and O–H groups in total. The van der Waals surface area contributed by atoms with Crippen LogP contribution in [0.1, 0.15) is 35.7 Å². The van der Waals surface area contributed by atoms with Crippen LogP contribution in [0.2, 0.25) is 0 Å². The van der Waals surface area contributed by atoms with Gasteiger partial charge < -0.3 is 9.42 Å². The van der Waals surface area contributed by atoms with Gasteiger partial charge >= 0.3 is 0 Å². The largest absolute Gasteiger partial charge is 0.361 e. The molecule has 0 spiro atoms. The van der Waals surface area contributed by atoms with E-state index >= 15 is 0 Å². The fraction of sp³-hybridized carbons (Fsp3) is 0.438. The fourth-order valence-electron chi connectivity index (χ4n) is 2.13. The molecule has 0 saturated heterocycles. The molecule has 6 heteroatoms. The van der Waals surface area contributed by atoms with Crippen molar-refractivity contribution in [3.8, 4) is 0 Å². The lowest BCUT2D eigenvalue weighted by Crippen LogP contribution is -2.30. The van der Waals surface area contributed by atoms with Gasteiger partial charge in [-0.1, -0.05) is 30.8 Å². The summed E-state index contributed by atoms with van der Waals surface area (Å²) in [5.74, 6) is 1.84. The van der Waals surface area contributed by atoms with Crippen molar-refractivity contribution in [1.82, 2.24) is 15.0 Å². The highest BCUT2D eigenvalue weighted by Crippen LogP contribution is 2.25. The fourth-order valence-corrected chi connectivity index (χ4v) is 3.00. The SMILES string of the molecule is Cc1cc(CSc2ncccc2C(=O)N(C)CC(C)C)no1. The Morgan fingerprint density at radius 2 is 2.23 bits per heavy atom. The highest BCUT2D eigenvalue weighted by Gasteiger charge is 2.18. The zero-order valence-corrected chi connectivity index (χ0v) is 14.2. The van der Waals surface area contributed by atoms with Gasteiger partial charge in [-0.15, -0.1) is 0 Å². The Morgan fingerprint density at radius 1 is 1.45 bits per heavy atom. The summed E-state index contributed by atoms with van der Waals surface area (Å²) in [6, 6.07) is 5.51. The Bertz CT molecular complexity index is 640. The molecule has 2 rings (SSSR count). The Balaban J connectivity index is 2.10. The monoisotopic (exact) mass is 319 g/mol. The number of carbonyl (C=O) groups excluding carboxylic acids is 1. The molecule has 0 fully saturated rings. The van der Waals surface area contributed by atoms with E-state index in [1.165, 1.54) is 11.8 Å². The van der Waals surface area contributed by atoms with Crippen molar-refractivity contribution >= 4 is 17.7 Å². The van der Waals surface area contributed by atoms with Gasteiger partial charge in [0, 0.05) is 31.6 Å². The van der Waals surface area contributed by atoms with Gasteiger partial charge in [-0.3, -0.25) is 4.79 Å². The number of hydrogen-bond donors (Lipinski definition) is 0. The second-order valence-corrected chi connectivity index (χ2v) is 6.62. The summed E-state index contributed by atoms with van der Waals surface area (Å²) >= 11 is 1.50. The van der Waals surface area contributed by atoms with E-state index in [2.05, 4.69) is 24.0 Å². The van der Waals surface area contributed by atoms with Crippen LogP contribution in [0.15, 0.2) is 33.9 Å². The topological polar surface area (TPSA) is 59.2 Å². The molecule has 22 heavy (non-hydrogen) atoms. The van der Waals surface area contributed by atoms with E-state index in [9.17, 15) is 4.79 Å². The lowest BCUT2D eigenvalue weighted by Gasteiger charge is -2.20. The molecule has 0 unspecified atom stereocenters. The molecule has 2 heterocycles. The van der Waals surface area contributed by atoms with E-state index in [0.717, 1.165) is 23.0 Å². The number of rotatable bonds is 6. The van der Waals surface area contributed by atoms with Crippen molar-refractivity contribution in [3.63, 3.8) is 0 Å². The van der Waals surface area contributed by atoms with E-state index in [4.69, 9.17) is 4.52 Å². The first-order valence-electron chi connectivity index (χ1n) is 7.23. The molecule has 118 valence electrons. The number of pyridine rings is 1. The quantitative estimate of drug-likeness (QED) is 0.764. The lowest BCUT2D eigenvalue weighted by molar-refractivity contribution is 0.0775. The Labute approximate surface area is 135 Å². The van der Waals surface area contributed by atoms with Gasteiger partial charge in [0.2, 0.25) is 0 Å². The molecule has 0 bridgehead atoms. The molecule has 0 saturated carbocycles. The van der Waals surface area contributed by atoms with Gasteiger partial charge in [0.1, 0.15) is 10.8 Å². The van der Waals surface area contributed by atoms with Gasteiger partial charge in [0.05, 0.1) is 11.3 Å². The van der Waals surface area contributed by atoms with Crippen molar-refractivity contribution in [1.29, 1.82) is 0 Å². The van der Waals surface area contributed by atoms with Crippen LogP contribution in [0, 0.1) is 12.8 Å². The number of aryl methyl sites for hydroxylation is 1. The van der Waals surface area contributed by atoms with Gasteiger partial charge in [0.25, 0.3) is 5.91 Å². The van der Waals surface area contributed by atoms with E-state index in [1.54, 1.807) is 17.2 Å². The molecule has 0 aliphatic carbocycles. The van der Waals surface area contributed by atoms with Crippen LogP contribution in [-0.2, 0) is 5.75 Å². The van der Waals surface area contributed by atoms with Crippen molar-refractivity contribution in [3.05, 3.63) is 41.4 Å². The Kier molecular flexibility index (Phi) is 5.60. The number of thioether (sulfide) groups is 1. The maximum absolute atomic E-state index is 12.6. The van der Waals surface area contributed by atoms with Gasteiger partial charge in [-0.05, 0) is 25.0 Å². The zero-order chi connectivity index (χ0) is 16.1. The first kappa shape index (κ1) is 16.5. The number of amides is 1. The van der Waals surface area contributed by atoms with E-state index in [1.807, 2.05) is 26.1 Å². The van der Waals surface area contributed by atoms with Crippen molar-refractivity contribution in [2.24, 2.45) is 5.92 Å². The standard InChI is InChI=1S/C16H21N3O2S/c1-11(2)9-19(4)16(20)14-6-5-7-17-15(14)22-10-13-8-12(3)21-18-13/h5-8,11H,9-10H2,1-4H3. The minimum atomic E-state index is 0.000586. The molecule has 0 aliphatic rings. The predicted molar refractivity (Wildman–Crippen MR) is 86.8 cm³/mol. The molecule has 0 aliphatic heterocycles. The van der Waals surface area contributed by atoms with Crippen LogP contribution < -0.4 is 0 Å². The molecule has 5 nitrogen and oxygen atoms in total. The molecular formula is C16H21N3O2S. The lowest BCUT2D eigenvalue weighted by atomic mass is 10.2. The molecular weight excluding hydrogens is 298 g/mol. The predicted octanol–water partition coefficient (Wildman–Crippen LogP) is 3.40. The summed E-state index contributed by atoms with van der Waals surface area (Å²) in [6.45, 7) is 6.77. The summed E-state index contributed by atoms with van der Waals surface area (Å²) in [7, 11) is 1.82. The minimum absolute atomic E-state index is 0.000586.